The molecule has 1 amide bonds. The van der Waals surface area contributed by atoms with Gasteiger partial charge in [0, 0.05) is 19.0 Å². The zero-order valence-electron chi connectivity index (χ0n) is 16.0. The van der Waals surface area contributed by atoms with E-state index in [2.05, 4.69) is 0 Å². The van der Waals surface area contributed by atoms with Crippen molar-refractivity contribution in [1.82, 2.24) is 4.90 Å². The lowest BCUT2D eigenvalue weighted by molar-refractivity contribution is -0.241. The van der Waals surface area contributed by atoms with Gasteiger partial charge >= 0.3 is 18.2 Å². The number of carbonyl (C=O) groups is 2. The molecule has 1 heterocycles. The predicted molar refractivity (Wildman–Crippen MR) is 102 cm³/mol. The van der Waals surface area contributed by atoms with E-state index in [1.54, 1.807) is 0 Å². The summed E-state index contributed by atoms with van der Waals surface area (Å²) in [7, 11) is 0. The first-order valence-electron chi connectivity index (χ1n) is 9.65. The number of ether oxygens (including phenoxy) is 1. The second kappa shape index (κ2) is 7.34. The number of alkyl halides is 3. The van der Waals surface area contributed by atoms with Crippen LogP contribution in [0.1, 0.15) is 29.9 Å². The Balaban J connectivity index is 1.51. The highest BCUT2D eigenvalue weighted by atomic mass is 19.4. The molecule has 1 aliphatic heterocycles. The van der Waals surface area contributed by atoms with Crippen molar-refractivity contribution in [2.24, 2.45) is 5.41 Å². The van der Waals surface area contributed by atoms with Gasteiger partial charge < -0.3 is 14.7 Å². The molecule has 0 aromatic heterocycles. The Kier molecular flexibility index (Phi) is 4.95. The minimum Gasteiger partial charge on any atom is -0.481 e. The average Bonchev–Trinajstić information content (AvgIpc) is 3.05. The number of fused-ring (bicyclic) bond motifs is 3. The molecule has 2 aliphatic rings. The number of aliphatic carboxylic acids is 1. The minimum atomic E-state index is -4.96. The fourth-order valence-electron chi connectivity index (χ4n) is 4.42. The maximum absolute atomic E-state index is 13.5. The molecular weight excluding hydrogens is 399 g/mol. The first kappa shape index (κ1) is 20.3. The molecule has 1 atom stereocenters. The Morgan fingerprint density at radius 2 is 1.63 bits per heavy atom. The van der Waals surface area contributed by atoms with Crippen LogP contribution >= 0.6 is 0 Å². The molecule has 5 nitrogen and oxygen atoms in total. The van der Waals surface area contributed by atoms with E-state index >= 15 is 0 Å². The van der Waals surface area contributed by atoms with Gasteiger partial charge in [-0.05, 0) is 35.1 Å². The lowest BCUT2D eigenvalue weighted by Crippen LogP contribution is -2.57. The van der Waals surface area contributed by atoms with E-state index < -0.39 is 36.6 Å². The van der Waals surface area contributed by atoms with E-state index in [4.69, 9.17) is 4.74 Å². The molecule has 1 fully saturated rings. The number of carboxylic acid groups (broad SMARTS) is 1. The van der Waals surface area contributed by atoms with Crippen LogP contribution in [0.3, 0.4) is 0 Å². The number of rotatable bonds is 3. The lowest BCUT2D eigenvalue weighted by atomic mass is 9.79. The zero-order chi connectivity index (χ0) is 21.5. The third-order valence-corrected chi connectivity index (χ3v) is 6.04. The number of nitrogens with zero attached hydrogens (tertiary/aromatic N) is 1. The van der Waals surface area contributed by atoms with Gasteiger partial charge in [0.15, 0.2) is 5.41 Å². The van der Waals surface area contributed by atoms with Gasteiger partial charge in [0.2, 0.25) is 0 Å². The lowest BCUT2D eigenvalue weighted by Gasteiger charge is -2.40. The second-order valence-corrected chi connectivity index (χ2v) is 7.71. The zero-order valence-corrected chi connectivity index (χ0v) is 16.0. The summed E-state index contributed by atoms with van der Waals surface area (Å²) in [5.41, 5.74) is 1.08. The summed E-state index contributed by atoms with van der Waals surface area (Å²) >= 11 is 0. The van der Waals surface area contributed by atoms with Crippen molar-refractivity contribution in [1.29, 1.82) is 0 Å². The Morgan fingerprint density at radius 1 is 1.07 bits per heavy atom. The summed E-state index contributed by atoms with van der Waals surface area (Å²) < 4.78 is 45.9. The molecule has 1 saturated heterocycles. The molecule has 30 heavy (non-hydrogen) atoms. The van der Waals surface area contributed by atoms with Crippen molar-refractivity contribution in [3.8, 4) is 11.1 Å². The van der Waals surface area contributed by atoms with Gasteiger partial charge in [-0.3, -0.25) is 4.79 Å². The van der Waals surface area contributed by atoms with E-state index in [0.29, 0.717) is 0 Å². The summed E-state index contributed by atoms with van der Waals surface area (Å²) in [6.07, 6.45) is -6.50. The standard InChI is InChI=1S/C22H20F3NO4/c23-22(24,25)21(19(27)28)10-5-11-26(13-21)20(29)30-12-18-16-8-3-1-6-14(16)15-7-2-4-9-17(15)18/h1-4,6-9,18H,5,10-13H2,(H,27,28). The van der Waals surface area contributed by atoms with E-state index in [-0.39, 0.29) is 25.5 Å². The van der Waals surface area contributed by atoms with Crippen LogP contribution in [-0.2, 0) is 9.53 Å². The molecule has 1 aliphatic carbocycles. The molecule has 8 heteroatoms. The van der Waals surface area contributed by atoms with Crippen molar-refractivity contribution in [3.63, 3.8) is 0 Å². The molecule has 1 unspecified atom stereocenters. The van der Waals surface area contributed by atoms with Crippen LogP contribution in [-0.4, -0.2) is 47.9 Å². The monoisotopic (exact) mass is 419 g/mol. The van der Waals surface area contributed by atoms with Crippen LogP contribution in [0.25, 0.3) is 11.1 Å². The maximum atomic E-state index is 13.5. The highest BCUT2D eigenvalue weighted by Gasteiger charge is 2.62. The van der Waals surface area contributed by atoms with Gasteiger partial charge in [-0.1, -0.05) is 48.5 Å². The fourth-order valence-corrected chi connectivity index (χ4v) is 4.42. The molecule has 0 bridgehead atoms. The summed E-state index contributed by atoms with van der Waals surface area (Å²) in [5.74, 6) is -2.19. The third kappa shape index (κ3) is 3.20. The van der Waals surface area contributed by atoms with Crippen molar-refractivity contribution in [2.75, 3.05) is 19.7 Å². The van der Waals surface area contributed by atoms with E-state index in [1.807, 2.05) is 48.5 Å². The molecule has 158 valence electrons. The quantitative estimate of drug-likeness (QED) is 0.786. The van der Waals surface area contributed by atoms with Crippen LogP contribution in [0.15, 0.2) is 48.5 Å². The van der Waals surface area contributed by atoms with E-state index in [1.165, 1.54) is 0 Å². The van der Waals surface area contributed by atoms with Gasteiger partial charge in [-0.15, -0.1) is 0 Å². The Labute approximate surface area is 171 Å². The predicted octanol–water partition coefficient (Wildman–Crippen LogP) is 4.66. The minimum absolute atomic E-state index is 0.0295. The van der Waals surface area contributed by atoms with Crippen molar-refractivity contribution in [2.45, 2.75) is 24.9 Å². The van der Waals surface area contributed by atoms with Crippen molar-refractivity contribution in [3.05, 3.63) is 59.7 Å². The molecular formula is C22H20F3NO4. The Hall–Kier alpha value is -3.03. The molecule has 0 spiro atoms. The number of hydrogen-bond acceptors (Lipinski definition) is 3. The molecule has 2 aromatic rings. The normalized spacial score (nSPS) is 21.1. The first-order chi connectivity index (χ1) is 14.2. The Morgan fingerprint density at radius 3 is 2.17 bits per heavy atom. The highest BCUT2D eigenvalue weighted by molar-refractivity contribution is 5.80. The summed E-state index contributed by atoms with van der Waals surface area (Å²) in [6, 6.07) is 15.4. The second-order valence-electron chi connectivity index (χ2n) is 7.71. The molecule has 2 aromatic carbocycles. The van der Waals surface area contributed by atoms with Gasteiger partial charge in [-0.2, -0.15) is 13.2 Å². The summed E-state index contributed by atoms with van der Waals surface area (Å²) in [4.78, 5) is 24.9. The third-order valence-electron chi connectivity index (χ3n) is 6.04. The van der Waals surface area contributed by atoms with E-state index in [9.17, 15) is 27.9 Å². The molecule has 0 saturated carbocycles. The smallest absolute Gasteiger partial charge is 0.409 e. The topological polar surface area (TPSA) is 66.8 Å². The van der Waals surface area contributed by atoms with Gasteiger partial charge in [0.05, 0.1) is 0 Å². The maximum Gasteiger partial charge on any atom is 0.409 e. The number of carboxylic acids is 1. The van der Waals surface area contributed by atoms with Gasteiger partial charge in [0.1, 0.15) is 6.61 Å². The average molecular weight is 419 g/mol. The summed E-state index contributed by atoms with van der Waals surface area (Å²) in [5, 5.41) is 9.25. The largest absolute Gasteiger partial charge is 0.481 e. The van der Waals surface area contributed by atoms with Crippen LogP contribution in [0.2, 0.25) is 0 Å². The number of amides is 1. The van der Waals surface area contributed by atoms with Gasteiger partial charge in [0.25, 0.3) is 0 Å². The highest BCUT2D eigenvalue weighted by Crippen LogP contribution is 2.46. The van der Waals surface area contributed by atoms with Gasteiger partial charge in [-0.25, -0.2) is 4.79 Å². The van der Waals surface area contributed by atoms with Crippen LogP contribution < -0.4 is 0 Å². The SMILES string of the molecule is O=C(OCC1c2ccccc2-c2ccccc21)N1CCCC(C(=O)O)(C(F)(F)F)C1. The number of carbonyl (C=O) groups excluding carboxylic acids is 1. The number of likely N-dealkylation sites (tertiary alicyclic amines) is 1. The fraction of sp³-hybridized carbons (Fsp3) is 0.364. The van der Waals surface area contributed by atoms with Crippen molar-refractivity contribution >= 4 is 12.1 Å². The number of piperidine rings is 1. The van der Waals surface area contributed by atoms with Crippen LogP contribution in [0.5, 0.6) is 0 Å². The Bertz CT molecular complexity index is 945. The molecule has 4 rings (SSSR count). The number of benzene rings is 2. The summed E-state index contributed by atoms with van der Waals surface area (Å²) in [6.45, 7) is -0.945. The molecule has 1 N–H and O–H groups in total. The van der Waals surface area contributed by atoms with Crippen LogP contribution in [0.4, 0.5) is 18.0 Å². The first-order valence-corrected chi connectivity index (χ1v) is 9.65. The van der Waals surface area contributed by atoms with Crippen molar-refractivity contribution < 1.29 is 32.6 Å². The molecule has 0 radical (unpaired) electrons. The number of halogens is 3. The number of hydrogen-bond donors (Lipinski definition) is 1. The van der Waals surface area contributed by atoms with E-state index in [0.717, 1.165) is 27.2 Å². The van der Waals surface area contributed by atoms with Crippen LogP contribution in [0, 0.1) is 5.41 Å².